The minimum atomic E-state index is -3.42. The summed E-state index contributed by atoms with van der Waals surface area (Å²) in [6.45, 7) is 8.31. The zero-order valence-electron chi connectivity index (χ0n) is 12.1. The molecule has 19 heavy (non-hydrogen) atoms. The highest BCUT2D eigenvalue weighted by molar-refractivity contribution is 7.89. The largest absolute Gasteiger partial charge is 0.317 e. The maximum atomic E-state index is 12.2. The molecule has 6 nitrogen and oxygen atoms in total. The molecule has 0 aliphatic heterocycles. The van der Waals surface area contributed by atoms with Crippen LogP contribution in [0.4, 0.5) is 0 Å². The molecule has 0 atom stereocenters. The second kappa shape index (κ2) is 7.02. The van der Waals surface area contributed by atoms with Gasteiger partial charge < -0.3 is 5.32 Å². The Morgan fingerprint density at radius 1 is 1.47 bits per heavy atom. The van der Waals surface area contributed by atoms with Crippen molar-refractivity contribution in [2.75, 3.05) is 20.1 Å². The molecule has 0 bridgehead atoms. The van der Waals surface area contributed by atoms with Crippen molar-refractivity contribution in [1.29, 1.82) is 0 Å². The van der Waals surface area contributed by atoms with E-state index in [0.717, 1.165) is 19.5 Å². The summed E-state index contributed by atoms with van der Waals surface area (Å²) in [5.41, 5.74) is 0. The van der Waals surface area contributed by atoms with E-state index in [1.165, 1.54) is 10.5 Å². The average molecular weight is 288 g/mol. The zero-order chi connectivity index (χ0) is 14.5. The van der Waals surface area contributed by atoms with Gasteiger partial charge in [-0.3, -0.25) is 4.68 Å². The molecular formula is C12H24N4O2S. The third-order valence-corrected chi connectivity index (χ3v) is 4.99. The quantitative estimate of drug-likeness (QED) is 0.722. The molecule has 7 heteroatoms. The minimum Gasteiger partial charge on any atom is -0.317 e. The van der Waals surface area contributed by atoms with Crippen molar-refractivity contribution in [1.82, 2.24) is 19.4 Å². The van der Waals surface area contributed by atoms with E-state index < -0.39 is 10.0 Å². The minimum absolute atomic E-state index is 0.0675. The van der Waals surface area contributed by atoms with Crippen LogP contribution in [-0.4, -0.2) is 48.7 Å². The van der Waals surface area contributed by atoms with Crippen LogP contribution in [0, 0.1) is 0 Å². The van der Waals surface area contributed by atoms with E-state index in [0.29, 0.717) is 6.54 Å². The molecule has 110 valence electrons. The fraction of sp³-hybridized carbons (Fsp3) is 0.750. The monoisotopic (exact) mass is 288 g/mol. The van der Waals surface area contributed by atoms with Crippen LogP contribution in [0.5, 0.6) is 0 Å². The molecule has 1 rings (SSSR count). The van der Waals surface area contributed by atoms with Crippen LogP contribution in [0.3, 0.4) is 0 Å². The highest BCUT2D eigenvalue weighted by Gasteiger charge is 2.24. The van der Waals surface area contributed by atoms with Crippen molar-refractivity contribution in [2.24, 2.45) is 0 Å². The van der Waals surface area contributed by atoms with Crippen LogP contribution < -0.4 is 5.32 Å². The fourth-order valence-corrected chi connectivity index (χ4v) is 2.91. The van der Waals surface area contributed by atoms with Gasteiger partial charge in [-0.25, -0.2) is 8.42 Å². The summed E-state index contributed by atoms with van der Waals surface area (Å²) in [7, 11) is -1.83. The first-order chi connectivity index (χ1) is 8.89. The van der Waals surface area contributed by atoms with Crippen LogP contribution in [-0.2, 0) is 16.6 Å². The summed E-state index contributed by atoms with van der Waals surface area (Å²) >= 11 is 0. The Morgan fingerprint density at radius 3 is 2.74 bits per heavy atom. The molecule has 0 radical (unpaired) electrons. The maximum absolute atomic E-state index is 12.2. The molecule has 0 fully saturated rings. The number of nitrogens with one attached hydrogen (secondary N) is 1. The Balaban J connectivity index is 2.68. The topological polar surface area (TPSA) is 67.2 Å². The van der Waals surface area contributed by atoms with Crippen LogP contribution in [0.25, 0.3) is 0 Å². The van der Waals surface area contributed by atoms with Crippen LogP contribution in [0.15, 0.2) is 17.3 Å². The summed E-state index contributed by atoms with van der Waals surface area (Å²) in [6.07, 6.45) is 3.94. The Bertz CT molecular complexity index is 482. The van der Waals surface area contributed by atoms with Gasteiger partial charge in [-0.05, 0) is 33.4 Å². The molecule has 1 aromatic heterocycles. The van der Waals surface area contributed by atoms with Crippen molar-refractivity contribution in [2.45, 2.75) is 44.7 Å². The Kier molecular flexibility index (Phi) is 5.96. The first-order valence-corrected chi connectivity index (χ1v) is 8.04. The SMILES string of the molecule is CCNCCCn1cc(S(=O)(=O)N(C)C(C)C)cn1. The van der Waals surface area contributed by atoms with E-state index in [4.69, 9.17) is 0 Å². The predicted octanol–water partition coefficient (Wildman–Crippen LogP) is 0.912. The fourth-order valence-electron chi connectivity index (χ4n) is 1.59. The summed E-state index contributed by atoms with van der Waals surface area (Å²) in [4.78, 5) is 0.257. The molecule has 0 spiro atoms. The number of aromatic nitrogens is 2. The van der Waals surface area contributed by atoms with Gasteiger partial charge in [0.1, 0.15) is 4.90 Å². The van der Waals surface area contributed by atoms with Gasteiger partial charge in [0.05, 0.1) is 6.20 Å². The Labute approximate surface area is 115 Å². The zero-order valence-corrected chi connectivity index (χ0v) is 12.9. The maximum Gasteiger partial charge on any atom is 0.246 e. The van der Waals surface area contributed by atoms with Crippen molar-refractivity contribution in [3.8, 4) is 0 Å². The van der Waals surface area contributed by atoms with Crippen LogP contribution >= 0.6 is 0 Å². The first-order valence-electron chi connectivity index (χ1n) is 6.60. The van der Waals surface area contributed by atoms with E-state index in [-0.39, 0.29) is 10.9 Å². The lowest BCUT2D eigenvalue weighted by molar-refractivity contribution is 0.410. The van der Waals surface area contributed by atoms with E-state index in [9.17, 15) is 8.42 Å². The van der Waals surface area contributed by atoms with E-state index >= 15 is 0 Å². The van der Waals surface area contributed by atoms with Crippen molar-refractivity contribution in [3.05, 3.63) is 12.4 Å². The lowest BCUT2D eigenvalue weighted by Crippen LogP contribution is -2.32. The van der Waals surface area contributed by atoms with Gasteiger partial charge in [0.2, 0.25) is 10.0 Å². The van der Waals surface area contributed by atoms with Crippen molar-refractivity contribution < 1.29 is 8.42 Å². The van der Waals surface area contributed by atoms with Crippen LogP contribution in [0.2, 0.25) is 0 Å². The molecule has 0 saturated heterocycles. The molecule has 0 aliphatic rings. The van der Waals surface area contributed by atoms with Gasteiger partial charge in [-0.1, -0.05) is 6.92 Å². The highest BCUT2D eigenvalue weighted by Crippen LogP contribution is 2.15. The predicted molar refractivity (Wildman–Crippen MR) is 75.5 cm³/mol. The van der Waals surface area contributed by atoms with E-state index in [2.05, 4.69) is 17.3 Å². The number of nitrogens with zero attached hydrogens (tertiary/aromatic N) is 3. The third kappa shape index (κ3) is 4.29. The average Bonchev–Trinajstić information content (AvgIpc) is 2.83. The molecule has 0 aliphatic carbocycles. The lowest BCUT2D eigenvalue weighted by atomic mass is 10.4. The molecule has 0 aromatic carbocycles. The van der Waals surface area contributed by atoms with E-state index in [1.807, 2.05) is 13.8 Å². The third-order valence-electron chi connectivity index (χ3n) is 3.00. The summed E-state index contributed by atoms with van der Waals surface area (Å²) < 4.78 is 27.5. The van der Waals surface area contributed by atoms with Gasteiger partial charge in [-0.2, -0.15) is 9.40 Å². The second-order valence-electron chi connectivity index (χ2n) is 4.76. The molecule has 1 aromatic rings. The number of aryl methyl sites for hydroxylation is 1. The van der Waals surface area contributed by atoms with Gasteiger partial charge in [0.15, 0.2) is 0 Å². The molecule has 0 saturated carbocycles. The molecule has 1 N–H and O–H groups in total. The van der Waals surface area contributed by atoms with Crippen LogP contribution in [0.1, 0.15) is 27.2 Å². The summed E-state index contributed by atoms with van der Waals surface area (Å²) in [5, 5.41) is 7.33. The molecular weight excluding hydrogens is 264 g/mol. The highest BCUT2D eigenvalue weighted by atomic mass is 32.2. The van der Waals surface area contributed by atoms with Gasteiger partial charge in [0, 0.05) is 25.8 Å². The molecule has 0 unspecified atom stereocenters. The molecule has 1 heterocycles. The lowest BCUT2D eigenvalue weighted by Gasteiger charge is -2.19. The van der Waals surface area contributed by atoms with Crippen molar-refractivity contribution >= 4 is 10.0 Å². The van der Waals surface area contributed by atoms with E-state index in [1.54, 1.807) is 17.9 Å². The smallest absolute Gasteiger partial charge is 0.246 e. The second-order valence-corrected chi connectivity index (χ2v) is 6.76. The number of hydrogen-bond acceptors (Lipinski definition) is 4. The van der Waals surface area contributed by atoms with Gasteiger partial charge in [-0.15, -0.1) is 0 Å². The van der Waals surface area contributed by atoms with Crippen molar-refractivity contribution in [3.63, 3.8) is 0 Å². The van der Waals surface area contributed by atoms with Gasteiger partial charge in [0.25, 0.3) is 0 Å². The Morgan fingerprint density at radius 2 is 2.16 bits per heavy atom. The first kappa shape index (κ1) is 16.1. The standard InChI is InChI=1S/C12H24N4O2S/c1-5-13-7-6-8-16-10-12(9-14-16)19(17,18)15(4)11(2)3/h9-11,13H,5-8H2,1-4H3. The summed E-state index contributed by atoms with van der Waals surface area (Å²) in [6, 6.07) is -0.0675. The normalized spacial score (nSPS) is 12.5. The Hall–Kier alpha value is -0.920. The number of rotatable bonds is 8. The number of sulfonamides is 1. The summed E-state index contributed by atoms with van der Waals surface area (Å²) in [5.74, 6) is 0. The number of hydrogen-bond donors (Lipinski definition) is 1. The molecule has 0 amide bonds. The van der Waals surface area contributed by atoms with Gasteiger partial charge >= 0.3 is 0 Å².